The predicted octanol–water partition coefficient (Wildman–Crippen LogP) is 7.28. The fraction of sp³-hybridized carbons (Fsp3) is 0.516. The number of aliphatic hydroxyl groups is 1. The Kier molecular flexibility index (Phi) is 15.1. The molecule has 1 unspecified atom stereocenters. The summed E-state index contributed by atoms with van der Waals surface area (Å²) < 4.78 is 0. The second-order valence-corrected chi connectivity index (χ2v) is 10.6. The van der Waals surface area contributed by atoms with Gasteiger partial charge in [-0.25, -0.2) is 0 Å². The third-order valence-corrected chi connectivity index (χ3v) is 5.14. The lowest BCUT2D eigenvalue weighted by Gasteiger charge is -2.27. The summed E-state index contributed by atoms with van der Waals surface area (Å²) in [4.78, 5) is 12.6. The Morgan fingerprint density at radius 3 is 2.17 bits per heavy atom. The number of allylic oxidation sites excluding steroid dienone is 5. The number of aryl methyl sites for hydroxylation is 1. The number of hydrogen-bond acceptors (Lipinski definition) is 3. The van der Waals surface area contributed by atoms with Gasteiger partial charge in [0.2, 0.25) is 0 Å². The van der Waals surface area contributed by atoms with Gasteiger partial charge in [0.25, 0.3) is 5.91 Å². The molecule has 4 heteroatoms. The summed E-state index contributed by atoms with van der Waals surface area (Å²) in [7, 11) is 0. The first-order valence-electron chi connectivity index (χ1n) is 12.7. The van der Waals surface area contributed by atoms with Gasteiger partial charge < -0.3 is 10.4 Å². The zero-order chi connectivity index (χ0) is 27.1. The van der Waals surface area contributed by atoms with Crippen molar-refractivity contribution in [3.8, 4) is 0 Å². The van der Waals surface area contributed by atoms with Gasteiger partial charge in [-0.05, 0) is 103 Å². The smallest absolute Gasteiger partial charge is 0.251 e. The van der Waals surface area contributed by atoms with Crippen molar-refractivity contribution in [1.82, 2.24) is 10.6 Å². The number of carbonyl (C=O) groups is 1. The van der Waals surface area contributed by atoms with E-state index in [1.54, 1.807) is 0 Å². The fourth-order valence-electron chi connectivity index (χ4n) is 3.73. The first kappa shape index (κ1) is 32.6. The molecule has 0 fully saturated rings. The fourth-order valence-corrected chi connectivity index (χ4v) is 3.73. The van der Waals surface area contributed by atoms with Crippen molar-refractivity contribution in [2.45, 2.75) is 105 Å². The molecule has 0 radical (unpaired) electrons. The van der Waals surface area contributed by atoms with E-state index in [1.165, 1.54) is 5.57 Å². The highest BCUT2D eigenvalue weighted by Crippen LogP contribution is 2.21. The molecule has 1 atom stereocenters. The molecule has 4 nitrogen and oxygen atoms in total. The molecule has 0 aromatic heterocycles. The van der Waals surface area contributed by atoms with Crippen LogP contribution in [0.2, 0.25) is 0 Å². The van der Waals surface area contributed by atoms with Crippen LogP contribution in [0.1, 0.15) is 97.0 Å². The second kappa shape index (κ2) is 16.3. The quantitative estimate of drug-likeness (QED) is 0.176. The summed E-state index contributed by atoms with van der Waals surface area (Å²) in [5, 5.41) is 17.0. The molecule has 0 heterocycles. The Labute approximate surface area is 215 Å². The number of amides is 1. The van der Waals surface area contributed by atoms with Crippen LogP contribution in [0.5, 0.6) is 0 Å². The van der Waals surface area contributed by atoms with E-state index in [9.17, 15) is 9.90 Å². The van der Waals surface area contributed by atoms with Crippen molar-refractivity contribution >= 4 is 5.91 Å². The molecule has 35 heavy (non-hydrogen) atoms. The highest BCUT2D eigenvalue weighted by molar-refractivity contribution is 5.96. The summed E-state index contributed by atoms with van der Waals surface area (Å²) in [5.74, 6) is -0.0160. The monoisotopic (exact) mass is 482 g/mol. The lowest BCUT2D eigenvalue weighted by molar-refractivity contribution is 0.0918. The van der Waals surface area contributed by atoms with E-state index < -0.39 is 6.23 Å². The lowest BCUT2D eigenvalue weighted by Crippen LogP contribution is -2.44. The Balaban J connectivity index is 0.00000562. The molecule has 1 aromatic rings. The largest absolute Gasteiger partial charge is 0.375 e. The number of nitrogens with one attached hydrogen (secondary N) is 2. The Hall–Kier alpha value is -2.43. The van der Waals surface area contributed by atoms with Gasteiger partial charge in [0, 0.05) is 16.6 Å². The summed E-state index contributed by atoms with van der Waals surface area (Å²) >= 11 is 0. The van der Waals surface area contributed by atoms with Crippen LogP contribution in [-0.4, -0.2) is 28.3 Å². The average Bonchev–Trinajstić information content (AvgIpc) is 2.75. The molecule has 0 aliphatic heterocycles. The van der Waals surface area contributed by atoms with Crippen LogP contribution in [0.15, 0.2) is 72.9 Å². The molecular weight excluding hydrogens is 432 g/mol. The van der Waals surface area contributed by atoms with Crippen LogP contribution in [0.25, 0.3) is 0 Å². The Morgan fingerprint density at radius 1 is 1.03 bits per heavy atom. The number of hydrogen-bond donors (Lipinski definition) is 3. The summed E-state index contributed by atoms with van der Waals surface area (Å²) in [6.45, 7) is 22.3. The average molecular weight is 483 g/mol. The third-order valence-electron chi connectivity index (χ3n) is 5.14. The van der Waals surface area contributed by atoms with Gasteiger partial charge in [0.15, 0.2) is 0 Å². The highest BCUT2D eigenvalue weighted by atomic mass is 16.3. The topological polar surface area (TPSA) is 61.4 Å². The van der Waals surface area contributed by atoms with Crippen LogP contribution < -0.4 is 10.6 Å². The summed E-state index contributed by atoms with van der Waals surface area (Å²) in [6.07, 6.45) is 12.2. The number of rotatable bonds is 11. The van der Waals surface area contributed by atoms with Crippen LogP contribution >= 0.6 is 0 Å². The van der Waals surface area contributed by atoms with Crippen LogP contribution in [0.3, 0.4) is 0 Å². The molecule has 0 saturated carbocycles. The Morgan fingerprint density at radius 2 is 1.63 bits per heavy atom. The van der Waals surface area contributed by atoms with Gasteiger partial charge in [-0.3, -0.25) is 10.1 Å². The standard InChI is InChI=1S/C29H46N2O2.C2H4/c1-9-17-22(24(10-2)26(32)30-28(3,4)5)18-13-11-12-14-19-23-20-15-16-21-25(23)27(33)31-29(6,7)8;1-2/h9,11-12,15-17,20-21,26,30,32H,10,13-14,18-19H2,1-8H3,(H,31,33);1-2H2/b12-11+,17-9-,24-22-;. The lowest BCUT2D eigenvalue weighted by atomic mass is 9.97. The van der Waals surface area contributed by atoms with Crippen molar-refractivity contribution in [3.63, 3.8) is 0 Å². The SMILES string of the molecule is C/C=C\C(CC/C=C/CCc1ccccc1C(=O)NC(C)(C)C)=C(/CC)C(O)NC(C)(C)C.C=C. The zero-order valence-corrected chi connectivity index (χ0v) is 23.5. The molecule has 1 aromatic carbocycles. The second-order valence-electron chi connectivity index (χ2n) is 10.6. The van der Waals surface area contributed by atoms with Crippen LogP contribution in [0, 0.1) is 0 Å². The number of aliphatic hydroxyl groups excluding tert-OH is 1. The Bertz CT molecular complexity index is 851. The van der Waals surface area contributed by atoms with E-state index in [0.29, 0.717) is 0 Å². The van der Waals surface area contributed by atoms with E-state index >= 15 is 0 Å². The van der Waals surface area contributed by atoms with Gasteiger partial charge in [0.1, 0.15) is 6.23 Å². The van der Waals surface area contributed by atoms with Crippen LogP contribution in [-0.2, 0) is 6.42 Å². The third kappa shape index (κ3) is 13.9. The van der Waals surface area contributed by atoms with E-state index in [1.807, 2.05) is 58.0 Å². The molecular formula is C31H50N2O2. The van der Waals surface area contributed by atoms with Gasteiger partial charge in [-0.1, -0.05) is 49.4 Å². The minimum Gasteiger partial charge on any atom is -0.375 e. The van der Waals surface area contributed by atoms with Crippen molar-refractivity contribution in [2.75, 3.05) is 0 Å². The van der Waals surface area contributed by atoms with Crippen LogP contribution in [0.4, 0.5) is 0 Å². The summed E-state index contributed by atoms with van der Waals surface area (Å²) in [5.41, 5.74) is 3.67. The highest BCUT2D eigenvalue weighted by Gasteiger charge is 2.19. The zero-order valence-electron chi connectivity index (χ0n) is 23.5. The van der Waals surface area contributed by atoms with E-state index in [-0.39, 0.29) is 17.0 Å². The first-order chi connectivity index (χ1) is 16.4. The summed E-state index contributed by atoms with van der Waals surface area (Å²) in [6, 6.07) is 7.84. The molecule has 0 aliphatic carbocycles. The van der Waals surface area contributed by atoms with Gasteiger partial charge in [0.05, 0.1) is 0 Å². The number of carbonyl (C=O) groups excluding carboxylic acids is 1. The first-order valence-corrected chi connectivity index (χ1v) is 12.7. The minimum absolute atomic E-state index is 0.0160. The maximum absolute atomic E-state index is 12.6. The molecule has 0 spiro atoms. The molecule has 196 valence electrons. The maximum atomic E-state index is 12.6. The molecule has 1 amide bonds. The van der Waals surface area contributed by atoms with E-state index in [2.05, 4.69) is 69.7 Å². The molecule has 1 rings (SSSR count). The number of benzene rings is 1. The van der Waals surface area contributed by atoms with Gasteiger partial charge >= 0.3 is 0 Å². The van der Waals surface area contributed by atoms with Crippen molar-refractivity contribution in [2.24, 2.45) is 0 Å². The minimum atomic E-state index is -0.638. The van der Waals surface area contributed by atoms with E-state index in [0.717, 1.165) is 48.8 Å². The van der Waals surface area contributed by atoms with Gasteiger partial charge in [-0.2, -0.15) is 0 Å². The van der Waals surface area contributed by atoms with Crippen molar-refractivity contribution in [1.29, 1.82) is 0 Å². The van der Waals surface area contributed by atoms with Crippen molar-refractivity contribution < 1.29 is 9.90 Å². The molecule has 0 aliphatic rings. The maximum Gasteiger partial charge on any atom is 0.251 e. The van der Waals surface area contributed by atoms with Gasteiger partial charge in [-0.15, -0.1) is 13.2 Å². The van der Waals surface area contributed by atoms with Crippen molar-refractivity contribution in [3.05, 3.63) is 84.0 Å². The molecule has 3 N–H and O–H groups in total. The predicted molar refractivity (Wildman–Crippen MR) is 153 cm³/mol. The molecule has 0 bridgehead atoms. The van der Waals surface area contributed by atoms with E-state index in [4.69, 9.17) is 0 Å². The molecule has 0 saturated heterocycles. The normalized spacial score (nSPS) is 13.9.